The third-order valence-corrected chi connectivity index (χ3v) is 3.66. The summed E-state index contributed by atoms with van der Waals surface area (Å²) in [4.78, 5) is 16.4. The average Bonchev–Trinajstić information content (AvgIpc) is 3.12. The van der Waals surface area contributed by atoms with Crippen LogP contribution in [-0.4, -0.2) is 26.2 Å². The first-order chi connectivity index (χ1) is 11.2. The zero-order valence-corrected chi connectivity index (χ0v) is 12.3. The molecule has 2 N–H and O–H groups in total. The van der Waals surface area contributed by atoms with Gasteiger partial charge in [0.15, 0.2) is 11.2 Å². The second kappa shape index (κ2) is 5.20. The van der Waals surface area contributed by atoms with Crippen LogP contribution in [0.1, 0.15) is 11.4 Å². The van der Waals surface area contributed by atoms with Crippen molar-refractivity contribution >= 4 is 33.6 Å². The van der Waals surface area contributed by atoms with Crippen LogP contribution in [0, 0.1) is 6.92 Å². The Morgan fingerprint density at radius 1 is 1.30 bits per heavy atom. The van der Waals surface area contributed by atoms with Crippen molar-refractivity contribution in [3.05, 3.63) is 47.9 Å². The Kier molecular flexibility index (Phi) is 3.04. The summed E-state index contributed by atoms with van der Waals surface area (Å²) in [7, 11) is 0. The van der Waals surface area contributed by atoms with E-state index in [4.69, 9.17) is 4.52 Å². The third kappa shape index (κ3) is 2.42. The van der Waals surface area contributed by atoms with Gasteiger partial charge in [-0.15, -0.1) is 0 Å². The van der Waals surface area contributed by atoms with E-state index in [9.17, 15) is 4.79 Å². The van der Waals surface area contributed by atoms with Crippen molar-refractivity contribution in [2.75, 3.05) is 5.32 Å². The van der Waals surface area contributed by atoms with Gasteiger partial charge in [-0.2, -0.15) is 5.10 Å². The number of aromatic amines is 1. The molecule has 1 aromatic carbocycles. The SMILES string of the molecule is Cc1[nH]nc2ncc(NC(=O)Cc3noc4ccccc34)cc12. The summed E-state index contributed by atoms with van der Waals surface area (Å²) in [6, 6.07) is 9.31. The predicted octanol–water partition coefficient (Wildman–Crippen LogP) is 2.59. The Hall–Kier alpha value is -3.22. The average molecular weight is 307 g/mol. The Morgan fingerprint density at radius 2 is 2.17 bits per heavy atom. The molecular formula is C16H13N5O2. The van der Waals surface area contributed by atoms with Gasteiger partial charge in [-0.1, -0.05) is 17.3 Å². The molecule has 0 saturated heterocycles. The van der Waals surface area contributed by atoms with Crippen molar-refractivity contribution in [1.29, 1.82) is 0 Å². The number of amides is 1. The fourth-order valence-corrected chi connectivity index (χ4v) is 2.51. The van der Waals surface area contributed by atoms with Crippen LogP contribution >= 0.6 is 0 Å². The minimum absolute atomic E-state index is 0.138. The van der Waals surface area contributed by atoms with Crippen LogP contribution in [0.15, 0.2) is 41.1 Å². The lowest BCUT2D eigenvalue weighted by Crippen LogP contribution is -2.14. The van der Waals surface area contributed by atoms with Crippen LogP contribution in [-0.2, 0) is 11.2 Å². The molecule has 4 rings (SSSR count). The van der Waals surface area contributed by atoms with Gasteiger partial charge in [-0.05, 0) is 25.1 Å². The first-order valence-electron chi connectivity index (χ1n) is 7.14. The van der Waals surface area contributed by atoms with Gasteiger partial charge in [0, 0.05) is 16.5 Å². The van der Waals surface area contributed by atoms with Crippen LogP contribution < -0.4 is 5.32 Å². The van der Waals surface area contributed by atoms with Crippen molar-refractivity contribution in [2.24, 2.45) is 0 Å². The third-order valence-electron chi connectivity index (χ3n) is 3.66. The standard InChI is InChI=1S/C16H13N5O2/c1-9-12-6-10(8-17-16(12)20-19-9)18-15(22)7-13-11-4-2-3-5-14(11)23-21-13/h2-6,8H,7H2,1H3,(H,18,22)(H,17,19,20). The van der Waals surface area contributed by atoms with Crippen molar-refractivity contribution in [2.45, 2.75) is 13.3 Å². The smallest absolute Gasteiger partial charge is 0.230 e. The number of pyridine rings is 1. The molecule has 0 aliphatic carbocycles. The highest BCUT2D eigenvalue weighted by molar-refractivity contribution is 5.96. The Balaban J connectivity index is 1.56. The quantitative estimate of drug-likeness (QED) is 0.606. The minimum atomic E-state index is -0.175. The minimum Gasteiger partial charge on any atom is -0.356 e. The van der Waals surface area contributed by atoms with E-state index in [1.807, 2.05) is 37.3 Å². The second-order valence-corrected chi connectivity index (χ2v) is 5.29. The highest BCUT2D eigenvalue weighted by atomic mass is 16.5. The van der Waals surface area contributed by atoms with Crippen molar-refractivity contribution < 1.29 is 9.32 Å². The molecule has 0 bridgehead atoms. The van der Waals surface area contributed by atoms with E-state index in [2.05, 4.69) is 25.7 Å². The summed E-state index contributed by atoms with van der Waals surface area (Å²) < 4.78 is 5.21. The lowest BCUT2D eigenvalue weighted by Gasteiger charge is -2.03. The molecule has 7 nitrogen and oxygen atoms in total. The van der Waals surface area contributed by atoms with E-state index in [0.29, 0.717) is 22.6 Å². The summed E-state index contributed by atoms with van der Waals surface area (Å²) in [6.07, 6.45) is 1.72. The number of hydrogen-bond acceptors (Lipinski definition) is 5. The summed E-state index contributed by atoms with van der Waals surface area (Å²) in [6.45, 7) is 1.91. The molecule has 0 aliphatic rings. The highest BCUT2D eigenvalue weighted by Crippen LogP contribution is 2.20. The number of carbonyl (C=O) groups excluding carboxylic acids is 1. The first-order valence-corrected chi connectivity index (χ1v) is 7.14. The molecule has 4 aromatic rings. The molecule has 0 saturated carbocycles. The number of H-pyrrole nitrogens is 1. The van der Waals surface area contributed by atoms with Gasteiger partial charge in [0.2, 0.25) is 5.91 Å². The summed E-state index contributed by atoms with van der Waals surface area (Å²) in [5, 5.41) is 15.5. The normalized spacial score (nSPS) is 11.2. The van der Waals surface area contributed by atoms with Gasteiger partial charge in [-0.3, -0.25) is 9.89 Å². The summed E-state index contributed by atoms with van der Waals surface area (Å²) in [5.41, 5.74) is 3.45. The molecule has 0 fully saturated rings. The predicted molar refractivity (Wildman–Crippen MR) is 85.0 cm³/mol. The van der Waals surface area contributed by atoms with E-state index in [-0.39, 0.29) is 12.3 Å². The number of aromatic nitrogens is 4. The number of carbonyl (C=O) groups is 1. The zero-order chi connectivity index (χ0) is 15.8. The topological polar surface area (TPSA) is 96.7 Å². The van der Waals surface area contributed by atoms with Gasteiger partial charge in [0.1, 0.15) is 5.69 Å². The van der Waals surface area contributed by atoms with Crippen LogP contribution in [0.2, 0.25) is 0 Å². The van der Waals surface area contributed by atoms with Crippen molar-refractivity contribution in [3.63, 3.8) is 0 Å². The molecule has 0 atom stereocenters. The number of hydrogen-bond donors (Lipinski definition) is 2. The number of para-hydroxylation sites is 1. The maximum absolute atomic E-state index is 12.2. The molecule has 7 heteroatoms. The van der Waals surface area contributed by atoms with Crippen LogP contribution in [0.3, 0.4) is 0 Å². The maximum atomic E-state index is 12.2. The highest BCUT2D eigenvalue weighted by Gasteiger charge is 2.13. The maximum Gasteiger partial charge on any atom is 0.230 e. The van der Waals surface area contributed by atoms with Crippen molar-refractivity contribution in [3.8, 4) is 0 Å². The molecule has 3 heterocycles. The fraction of sp³-hybridized carbons (Fsp3) is 0.125. The number of fused-ring (bicyclic) bond motifs is 2. The van der Waals surface area contributed by atoms with Gasteiger partial charge in [-0.25, -0.2) is 4.98 Å². The lowest BCUT2D eigenvalue weighted by atomic mass is 10.1. The molecule has 0 unspecified atom stereocenters. The zero-order valence-electron chi connectivity index (χ0n) is 12.3. The number of benzene rings is 1. The van der Waals surface area contributed by atoms with E-state index >= 15 is 0 Å². The molecular weight excluding hydrogens is 294 g/mol. The van der Waals surface area contributed by atoms with E-state index in [0.717, 1.165) is 16.5 Å². The van der Waals surface area contributed by atoms with E-state index in [1.54, 1.807) is 6.20 Å². The molecule has 0 radical (unpaired) electrons. The molecule has 0 aliphatic heterocycles. The fourth-order valence-electron chi connectivity index (χ4n) is 2.51. The van der Waals surface area contributed by atoms with Crippen LogP contribution in [0.25, 0.3) is 22.0 Å². The van der Waals surface area contributed by atoms with Gasteiger partial charge in [0.25, 0.3) is 0 Å². The number of nitrogens with zero attached hydrogens (tertiary/aromatic N) is 3. The molecule has 1 amide bonds. The van der Waals surface area contributed by atoms with E-state index < -0.39 is 0 Å². The lowest BCUT2D eigenvalue weighted by molar-refractivity contribution is -0.115. The first kappa shape index (κ1) is 13.4. The molecule has 0 spiro atoms. The molecule has 114 valence electrons. The number of aryl methyl sites for hydroxylation is 1. The number of anilines is 1. The van der Waals surface area contributed by atoms with E-state index in [1.165, 1.54) is 0 Å². The summed E-state index contributed by atoms with van der Waals surface area (Å²) >= 11 is 0. The Bertz CT molecular complexity index is 1020. The van der Waals surface area contributed by atoms with Crippen LogP contribution in [0.4, 0.5) is 5.69 Å². The van der Waals surface area contributed by atoms with Gasteiger partial charge < -0.3 is 9.84 Å². The second-order valence-electron chi connectivity index (χ2n) is 5.29. The monoisotopic (exact) mass is 307 g/mol. The molecule has 3 aromatic heterocycles. The van der Waals surface area contributed by atoms with Gasteiger partial charge in [0.05, 0.1) is 18.3 Å². The van der Waals surface area contributed by atoms with Crippen LogP contribution in [0.5, 0.6) is 0 Å². The number of rotatable bonds is 3. The Morgan fingerprint density at radius 3 is 3.09 bits per heavy atom. The number of nitrogens with one attached hydrogen (secondary N) is 2. The summed E-state index contributed by atoms with van der Waals surface area (Å²) in [5.74, 6) is -0.175. The largest absolute Gasteiger partial charge is 0.356 e. The van der Waals surface area contributed by atoms with Crippen molar-refractivity contribution in [1.82, 2.24) is 20.3 Å². The molecule has 23 heavy (non-hydrogen) atoms. The Labute approximate surface area is 130 Å². The van der Waals surface area contributed by atoms with Gasteiger partial charge >= 0.3 is 0 Å².